The first-order valence-corrected chi connectivity index (χ1v) is 6.72. The third-order valence-electron chi connectivity index (χ3n) is 2.47. The van der Waals surface area contributed by atoms with Crippen LogP contribution in [0.25, 0.3) is 10.6 Å². The Bertz CT molecular complexity index is 548. The van der Waals surface area contributed by atoms with Crippen LogP contribution in [0.3, 0.4) is 0 Å². The van der Waals surface area contributed by atoms with E-state index in [4.69, 9.17) is 11.6 Å². The summed E-state index contributed by atoms with van der Waals surface area (Å²) in [5.41, 5.74) is 1.83. The van der Waals surface area contributed by atoms with Gasteiger partial charge in [0.25, 0.3) is 0 Å². The minimum atomic E-state index is 0.0583. The normalized spacial score (nSPS) is 10.4. The molecular weight excluding hydrogens is 268 g/mol. The summed E-state index contributed by atoms with van der Waals surface area (Å²) in [7, 11) is 3.49. The van der Waals surface area contributed by atoms with Crippen molar-refractivity contribution in [1.82, 2.24) is 9.88 Å². The average molecular weight is 281 g/mol. The number of carbonyl (C=O) groups excluding carboxylic acids is 1. The number of amides is 1. The van der Waals surface area contributed by atoms with E-state index in [0.29, 0.717) is 11.4 Å². The Kier molecular flexibility index (Phi) is 3.99. The van der Waals surface area contributed by atoms with Gasteiger partial charge in [-0.1, -0.05) is 23.7 Å². The molecule has 0 aliphatic heterocycles. The van der Waals surface area contributed by atoms with E-state index in [1.807, 2.05) is 29.6 Å². The highest BCUT2D eigenvalue weighted by Crippen LogP contribution is 2.25. The maximum absolute atomic E-state index is 11.6. The molecule has 2 aromatic rings. The van der Waals surface area contributed by atoms with Crippen LogP contribution in [0.2, 0.25) is 5.02 Å². The van der Waals surface area contributed by atoms with Gasteiger partial charge < -0.3 is 4.90 Å². The molecule has 1 aromatic heterocycles. The SMILES string of the molecule is CN(C)C(=O)Cc1csc(-c2ccc(Cl)cc2)n1. The zero-order valence-corrected chi connectivity index (χ0v) is 11.8. The predicted octanol–water partition coefficient (Wildman–Crippen LogP) is 3.09. The molecule has 0 unspecified atom stereocenters. The molecule has 0 aliphatic carbocycles. The van der Waals surface area contributed by atoms with E-state index in [0.717, 1.165) is 16.3 Å². The van der Waals surface area contributed by atoms with Gasteiger partial charge in [-0.25, -0.2) is 4.98 Å². The lowest BCUT2D eigenvalue weighted by atomic mass is 10.2. The number of likely N-dealkylation sites (N-methyl/N-ethyl adjacent to an activating group) is 1. The van der Waals surface area contributed by atoms with Crippen molar-refractivity contribution in [3.05, 3.63) is 40.4 Å². The molecule has 1 aromatic carbocycles. The quantitative estimate of drug-likeness (QED) is 0.866. The van der Waals surface area contributed by atoms with E-state index in [-0.39, 0.29) is 5.91 Å². The summed E-state index contributed by atoms with van der Waals surface area (Å²) in [5, 5.41) is 3.54. The lowest BCUT2D eigenvalue weighted by Gasteiger charge is -2.07. The first-order chi connectivity index (χ1) is 8.56. The molecule has 0 spiro atoms. The van der Waals surface area contributed by atoms with E-state index >= 15 is 0 Å². The molecule has 1 amide bonds. The Morgan fingerprint density at radius 2 is 2.00 bits per heavy atom. The fourth-order valence-electron chi connectivity index (χ4n) is 1.43. The summed E-state index contributed by atoms with van der Waals surface area (Å²) in [6, 6.07) is 7.53. The minimum Gasteiger partial charge on any atom is -0.348 e. The molecule has 18 heavy (non-hydrogen) atoms. The molecule has 0 bridgehead atoms. The average Bonchev–Trinajstić information content (AvgIpc) is 2.78. The molecule has 3 nitrogen and oxygen atoms in total. The number of thiazole rings is 1. The lowest BCUT2D eigenvalue weighted by Crippen LogP contribution is -2.23. The van der Waals surface area contributed by atoms with Crippen molar-refractivity contribution in [3.63, 3.8) is 0 Å². The monoisotopic (exact) mass is 280 g/mol. The molecule has 0 aliphatic rings. The van der Waals surface area contributed by atoms with Gasteiger partial charge in [0.15, 0.2) is 0 Å². The summed E-state index contributed by atoms with van der Waals surface area (Å²) < 4.78 is 0. The highest BCUT2D eigenvalue weighted by molar-refractivity contribution is 7.13. The second-order valence-electron chi connectivity index (χ2n) is 4.12. The van der Waals surface area contributed by atoms with Crippen molar-refractivity contribution in [2.75, 3.05) is 14.1 Å². The minimum absolute atomic E-state index is 0.0583. The number of benzene rings is 1. The first-order valence-electron chi connectivity index (χ1n) is 5.47. The van der Waals surface area contributed by atoms with Gasteiger partial charge in [0.1, 0.15) is 5.01 Å². The lowest BCUT2D eigenvalue weighted by molar-refractivity contribution is -0.128. The summed E-state index contributed by atoms with van der Waals surface area (Å²) in [6.45, 7) is 0. The van der Waals surface area contributed by atoms with Gasteiger partial charge in [-0.2, -0.15) is 0 Å². The van der Waals surface area contributed by atoms with Gasteiger partial charge in [-0.05, 0) is 12.1 Å². The summed E-state index contributed by atoms with van der Waals surface area (Å²) in [6.07, 6.45) is 0.344. The number of halogens is 1. The predicted molar refractivity (Wildman–Crippen MR) is 75.0 cm³/mol. The fourth-order valence-corrected chi connectivity index (χ4v) is 2.38. The Hall–Kier alpha value is -1.39. The molecule has 94 valence electrons. The van der Waals surface area contributed by atoms with Crippen molar-refractivity contribution in [2.45, 2.75) is 6.42 Å². The van der Waals surface area contributed by atoms with Crippen LogP contribution in [0.1, 0.15) is 5.69 Å². The van der Waals surface area contributed by atoms with Gasteiger partial charge in [-0.3, -0.25) is 4.79 Å². The molecule has 0 saturated carbocycles. The molecule has 2 rings (SSSR count). The van der Waals surface area contributed by atoms with E-state index in [2.05, 4.69) is 4.98 Å². The Morgan fingerprint density at radius 1 is 1.33 bits per heavy atom. The molecule has 0 saturated heterocycles. The van der Waals surface area contributed by atoms with Gasteiger partial charge in [0.2, 0.25) is 5.91 Å². The third kappa shape index (κ3) is 3.09. The van der Waals surface area contributed by atoms with Gasteiger partial charge in [-0.15, -0.1) is 11.3 Å². The highest BCUT2D eigenvalue weighted by atomic mass is 35.5. The summed E-state index contributed by atoms with van der Waals surface area (Å²) in [4.78, 5) is 17.6. The van der Waals surface area contributed by atoms with E-state index in [1.54, 1.807) is 19.0 Å². The molecule has 5 heteroatoms. The molecule has 1 heterocycles. The van der Waals surface area contributed by atoms with Crippen molar-refractivity contribution < 1.29 is 4.79 Å². The van der Waals surface area contributed by atoms with Crippen LogP contribution in [0.5, 0.6) is 0 Å². The van der Waals surface area contributed by atoms with Crippen molar-refractivity contribution in [2.24, 2.45) is 0 Å². The number of rotatable bonds is 3. The zero-order chi connectivity index (χ0) is 13.1. The fraction of sp³-hybridized carbons (Fsp3) is 0.231. The third-order valence-corrected chi connectivity index (χ3v) is 3.67. The number of nitrogens with zero attached hydrogens (tertiary/aromatic N) is 2. The molecular formula is C13H13ClN2OS. The maximum Gasteiger partial charge on any atom is 0.228 e. The van der Waals surface area contributed by atoms with Crippen LogP contribution in [-0.2, 0) is 11.2 Å². The van der Waals surface area contributed by atoms with Gasteiger partial charge >= 0.3 is 0 Å². The Morgan fingerprint density at radius 3 is 2.61 bits per heavy atom. The van der Waals surface area contributed by atoms with Crippen LogP contribution >= 0.6 is 22.9 Å². The second kappa shape index (κ2) is 5.50. The van der Waals surface area contributed by atoms with Crippen molar-refractivity contribution in [1.29, 1.82) is 0 Å². The summed E-state index contributed by atoms with van der Waals surface area (Å²) in [5.74, 6) is 0.0583. The van der Waals surface area contributed by atoms with E-state index in [1.165, 1.54) is 11.3 Å². The van der Waals surface area contributed by atoms with E-state index in [9.17, 15) is 4.79 Å². The largest absolute Gasteiger partial charge is 0.348 e. The topological polar surface area (TPSA) is 33.2 Å². The Balaban J connectivity index is 2.15. The number of carbonyl (C=O) groups is 1. The Labute approximate surface area is 115 Å². The number of hydrogen-bond donors (Lipinski definition) is 0. The van der Waals surface area contributed by atoms with Crippen LogP contribution < -0.4 is 0 Å². The molecule has 0 atom stereocenters. The maximum atomic E-state index is 11.6. The molecule has 0 N–H and O–H groups in total. The number of hydrogen-bond acceptors (Lipinski definition) is 3. The summed E-state index contributed by atoms with van der Waals surface area (Å²) >= 11 is 7.38. The van der Waals surface area contributed by atoms with Gasteiger partial charge in [0, 0.05) is 30.1 Å². The molecule has 0 radical (unpaired) electrons. The van der Waals surface area contributed by atoms with Crippen LogP contribution in [0, 0.1) is 0 Å². The van der Waals surface area contributed by atoms with E-state index < -0.39 is 0 Å². The van der Waals surface area contributed by atoms with Crippen LogP contribution in [0.4, 0.5) is 0 Å². The smallest absolute Gasteiger partial charge is 0.228 e. The number of aromatic nitrogens is 1. The van der Waals surface area contributed by atoms with Crippen LogP contribution in [0.15, 0.2) is 29.6 Å². The second-order valence-corrected chi connectivity index (χ2v) is 5.41. The van der Waals surface area contributed by atoms with Gasteiger partial charge in [0.05, 0.1) is 12.1 Å². The molecule has 0 fully saturated rings. The standard InChI is InChI=1S/C13H13ClN2OS/c1-16(2)12(17)7-11-8-18-13(15-11)9-3-5-10(14)6-4-9/h3-6,8H,7H2,1-2H3. The highest BCUT2D eigenvalue weighted by Gasteiger charge is 2.10. The zero-order valence-electron chi connectivity index (χ0n) is 10.2. The first kappa shape index (κ1) is 13.1. The van der Waals surface area contributed by atoms with Crippen LogP contribution in [-0.4, -0.2) is 29.9 Å². The van der Waals surface area contributed by atoms with Crippen molar-refractivity contribution >= 4 is 28.8 Å². The van der Waals surface area contributed by atoms with Crippen molar-refractivity contribution in [3.8, 4) is 10.6 Å².